The van der Waals surface area contributed by atoms with Crippen LogP contribution in [0.3, 0.4) is 0 Å². The lowest BCUT2D eigenvalue weighted by molar-refractivity contribution is 0.569. The normalized spacial score (nSPS) is 20.3. The van der Waals surface area contributed by atoms with Crippen LogP contribution in [-0.2, 0) is 21.7 Å². The van der Waals surface area contributed by atoms with Crippen molar-refractivity contribution in [3.63, 3.8) is 0 Å². The average Bonchev–Trinajstić information content (AvgIpc) is 4.03. The molecule has 1 heteroatoms. The van der Waals surface area contributed by atoms with Gasteiger partial charge in [-0.15, -0.1) is 0 Å². The van der Waals surface area contributed by atoms with E-state index in [1.54, 1.807) is 22.3 Å². The molecule has 4 aromatic carbocycles. The Morgan fingerprint density at radius 3 is 1.11 bits per heavy atom. The second kappa shape index (κ2) is 12.8. The molecule has 4 aliphatic rings. The summed E-state index contributed by atoms with van der Waals surface area (Å²) in [4.78, 5) is 0. The van der Waals surface area contributed by atoms with Crippen molar-refractivity contribution in [2.24, 2.45) is 11.8 Å². The highest BCUT2D eigenvalue weighted by molar-refractivity contribution is 6.82. The molecule has 0 bridgehead atoms. The van der Waals surface area contributed by atoms with E-state index < -0.39 is 8.07 Å². The largest absolute Gasteiger partial charge is 0.0722 e. The molecule has 55 heavy (non-hydrogen) atoms. The van der Waals surface area contributed by atoms with Crippen LogP contribution in [0.4, 0.5) is 0 Å². The van der Waals surface area contributed by atoms with E-state index >= 15 is 0 Å². The summed E-state index contributed by atoms with van der Waals surface area (Å²) in [5.74, 6) is 1.47. The zero-order chi connectivity index (χ0) is 39.6. The summed E-state index contributed by atoms with van der Waals surface area (Å²) in [7, 11) is -2.06. The zero-order valence-corrected chi connectivity index (χ0v) is 37.7. The van der Waals surface area contributed by atoms with Crippen molar-refractivity contribution >= 4 is 20.2 Å². The second-order valence-corrected chi connectivity index (χ2v) is 27.5. The maximum absolute atomic E-state index is 2.77. The molecule has 0 aromatic heterocycles. The first kappa shape index (κ1) is 38.5. The van der Waals surface area contributed by atoms with Crippen molar-refractivity contribution < 1.29 is 0 Å². The SMILES string of the molecule is CC(C)(C)c1ccc(-c2cccc3c2C=C(C2CC2)C3[Si](C)(C)C2C(C3CC3)=Cc3c(-c4ccc(C(C)(C)C)cc4C(C)(C)C)cccc32)c(C(C)(C)C)c1. The van der Waals surface area contributed by atoms with Gasteiger partial charge in [-0.1, -0.05) is 192 Å². The van der Waals surface area contributed by atoms with Gasteiger partial charge in [-0.3, -0.25) is 0 Å². The monoisotopic (exact) mass is 745 g/mol. The molecule has 0 heterocycles. The summed E-state index contributed by atoms with van der Waals surface area (Å²) in [6.07, 6.45) is 10.8. The molecular formula is C54H68Si. The number of benzene rings is 4. The summed E-state index contributed by atoms with van der Waals surface area (Å²) in [6, 6.07) is 29.5. The molecule has 0 nitrogen and oxygen atoms in total. The van der Waals surface area contributed by atoms with Crippen molar-refractivity contribution in [3.8, 4) is 22.3 Å². The highest BCUT2D eigenvalue weighted by Gasteiger charge is 2.53. The molecule has 0 saturated heterocycles. The fourth-order valence-corrected chi connectivity index (χ4v) is 15.2. The van der Waals surface area contributed by atoms with Crippen LogP contribution in [0.2, 0.25) is 13.1 Å². The van der Waals surface area contributed by atoms with E-state index in [2.05, 4.69) is 181 Å². The molecule has 0 aliphatic heterocycles. The summed E-state index contributed by atoms with van der Waals surface area (Å²) >= 11 is 0. The van der Waals surface area contributed by atoms with E-state index in [-0.39, 0.29) is 21.7 Å². The molecule has 0 radical (unpaired) electrons. The Labute approximate surface area is 336 Å². The van der Waals surface area contributed by atoms with Crippen LogP contribution in [0.15, 0.2) is 83.9 Å². The van der Waals surface area contributed by atoms with Crippen molar-refractivity contribution in [1.82, 2.24) is 0 Å². The predicted octanol–water partition coefficient (Wildman–Crippen LogP) is 15.5. The Hall–Kier alpha value is -3.42. The number of hydrogen-bond donors (Lipinski definition) is 0. The third-order valence-electron chi connectivity index (χ3n) is 13.7. The minimum Gasteiger partial charge on any atom is -0.0679 e. The van der Waals surface area contributed by atoms with Crippen molar-refractivity contribution in [3.05, 3.63) is 128 Å². The van der Waals surface area contributed by atoms with Gasteiger partial charge in [-0.2, -0.15) is 0 Å². The third-order valence-corrected chi connectivity index (χ3v) is 18.0. The Balaban J connectivity index is 1.28. The van der Waals surface area contributed by atoms with E-state index in [1.165, 1.54) is 81.3 Å². The number of hydrogen-bond acceptors (Lipinski definition) is 0. The fourth-order valence-electron chi connectivity index (χ4n) is 10.4. The standard InChI is InChI=1S/C54H68Si/c1-51(2,3)35-25-27-39(47(29-35)53(7,8)9)37-17-15-19-41-45(37)31-43(33-21-22-33)49(41)55(13,14)50-42-20-16-18-38(46(42)32-44(50)34-23-24-34)40-28-26-36(52(4,5)6)30-48(40)54(10,11)12/h15-20,25-34,49-50H,21-24H2,1-14H3. The van der Waals surface area contributed by atoms with Gasteiger partial charge in [-0.05, 0) is 126 Å². The number of rotatable bonds is 6. The van der Waals surface area contributed by atoms with Crippen LogP contribution in [0.25, 0.3) is 34.4 Å². The predicted molar refractivity (Wildman–Crippen MR) is 243 cm³/mol. The van der Waals surface area contributed by atoms with Gasteiger partial charge in [0, 0.05) is 11.1 Å². The van der Waals surface area contributed by atoms with E-state index in [4.69, 9.17) is 0 Å². The highest BCUT2D eigenvalue weighted by atomic mass is 28.3. The van der Waals surface area contributed by atoms with Gasteiger partial charge >= 0.3 is 0 Å². The maximum atomic E-state index is 2.77. The molecule has 2 fully saturated rings. The van der Waals surface area contributed by atoms with Gasteiger partial charge in [-0.25, -0.2) is 0 Å². The maximum Gasteiger partial charge on any atom is 0.0722 e. The smallest absolute Gasteiger partial charge is 0.0679 e. The van der Waals surface area contributed by atoms with Gasteiger partial charge in [0.25, 0.3) is 0 Å². The average molecular weight is 745 g/mol. The van der Waals surface area contributed by atoms with Crippen LogP contribution < -0.4 is 0 Å². The Morgan fingerprint density at radius 1 is 0.436 bits per heavy atom. The Bertz CT molecular complexity index is 2080. The fraction of sp³-hybridized carbons (Fsp3) is 0.481. The lowest BCUT2D eigenvalue weighted by atomic mass is 9.76. The van der Waals surface area contributed by atoms with E-state index in [1.807, 2.05) is 0 Å². The summed E-state index contributed by atoms with van der Waals surface area (Å²) < 4.78 is 0. The molecule has 4 aromatic rings. The quantitative estimate of drug-likeness (QED) is 0.173. The van der Waals surface area contributed by atoms with Crippen LogP contribution in [0, 0.1) is 11.8 Å². The molecular weight excluding hydrogens is 677 g/mol. The van der Waals surface area contributed by atoms with Gasteiger partial charge in [0.1, 0.15) is 0 Å². The first-order valence-electron chi connectivity index (χ1n) is 21.6. The number of allylic oxidation sites excluding steroid dienone is 2. The zero-order valence-electron chi connectivity index (χ0n) is 36.7. The highest BCUT2D eigenvalue weighted by Crippen LogP contribution is 2.61. The van der Waals surface area contributed by atoms with Gasteiger partial charge in [0.2, 0.25) is 0 Å². The van der Waals surface area contributed by atoms with Crippen LogP contribution in [0.5, 0.6) is 0 Å². The molecule has 2 atom stereocenters. The van der Waals surface area contributed by atoms with Crippen molar-refractivity contribution in [1.29, 1.82) is 0 Å². The molecule has 288 valence electrons. The summed E-state index contributed by atoms with van der Waals surface area (Å²) in [5.41, 5.74) is 22.7. The first-order chi connectivity index (χ1) is 25.6. The molecule has 0 amide bonds. The van der Waals surface area contributed by atoms with Crippen LogP contribution in [-0.4, -0.2) is 8.07 Å². The van der Waals surface area contributed by atoms with Crippen molar-refractivity contribution in [2.45, 2.75) is 155 Å². The van der Waals surface area contributed by atoms with Crippen molar-refractivity contribution in [2.75, 3.05) is 0 Å². The van der Waals surface area contributed by atoms with Crippen LogP contribution in [0.1, 0.15) is 164 Å². The van der Waals surface area contributed by atoms with E-state index in [0.717, 1.165) is 11.8 Å². The molecule has 4 aliphatic carbocycles. The molecule has 8 rings (SSSR count). The minimum atomic E-state index is -2.06. The van der Waals surface area contributed by atoms with Gasteiger partial charge in [0.15, 0.2) is 0 Å². The van der Waals surface area contributed by atoms with Gasteiger partial charge < -0.3 is 0 Å². The first-order valence-corrected chi connectivity index (χ1v) is 24.7. The summed E-state index contributed by atoms with van der Waals surface area (Å²) in [6.45, 7) is 34.0. The lowest BCUT2D eigenvalue weighted by Gasteiger charge is -2.40. The van der Waals surface area contributed by atoms with E-state index in [0.29, 0.717) is 11.1 Å². The lowest BCUT2D eigenvalue weighted by Crippen LogP contribution is -2.43. The van der Waals surface area contributed by atoms with E-state index in [9.17, 15) is 0 Å². The van der Waals surface area contributed by atoms with Gasteiger partial charge in [0.05, 0.1) is 8.07 Å². The van der Waals surface area contributed by atoms with Crippen LogP contribution >= 0.6 is 0 Å². The Kier molecular flexibility index (Phi) is 8.94. The Morgan fingerprint density at radius 2 is 0.800 bits per heavy atom. The number of fused-ring (bicyclic) bond motifs is 2. The molecule has 0 spiro atoms. The molecule has 0 N–H and O–H groups in total. The summed E-state index contributed by atoms with van der Waals surface area (Å²) in [5, 5.41) is 0. The molecule has 2 saturated carbocycles. The topological polar surface area (TPSA) is 0 Å². The molecule has 2 unspecified atom stereocenters. The second-order valence-electron chi connectivity index (χ2n) is 22.7. The minimum absolute atomic E-state index is 0.0452. The third kappa shape index (κ3) is 6.79.